The van der Waals surface area contributed by atoms with E-state index in [1.165, 1.54) is 12.0 Å². The van der Waals surface area contributed by atoms with E-state index in [0.29, 0.717) is 22.6 Å². The first kappa shape index (κ1) is 20.4. The number of rotatable bonds is 7. The fourth-order valence-electron chi connectivity index (χ4n) is 3.34. The van der Waals surface area contributed by atoms with E-state index < -0.39 is 17.7 Å². The van der Waals surface area contributed by atoms with E-state index in [-0.39, 0.29) is 24.5 Å². The minimum Gasteiger partial charge on any atom is -0.507 e. The molecule has 1 N–H and O–H groups in total. The van der Waals surface area contributed by atoms with Gasteiger partial charge in [0.15, 0.2) is 0 Å². The van der Waals surface area contributed by atoms with Crippen LogP contribution in [0, 0.1) is 0 Å². The van der Waals surface area contributed by atoms with Crippen LogP contribution in [0.3, 0.4) is 0 Å². The summed E-state index contributed by atoms with van der Waals surface area (Å²) in [6.07, 6.45) is 0. The van der Waals surface area contributed by atoms with Gasteiger partial charge in [0.05, 0.1) is 32.4 Å². The Balaban J connectivity index is 2.11. The molecule has 7 nitrogen and oxygen atoms in total. The number of amides is 1. The van der Waals surface area contributed by atoms with Crippen LogP contribution in [0.4, 0.5) is 0 Å². The first-order valence-electron chi connectivity index (χ1n) is 9.07. The number of carbonyl (C=O) groups excluding carboxylic acids is 2. The van der Waals surface area contributed by atoms with Gasteiger partial charge in [0.25, 0.3) is 11.7 Å². The number of aliphatic hydroxyl groups is 1. The van der Waals surface area contributed by atoms with E-state index in [1.807, 2.05) is 0 Å². The molecule has 152 valence electrons. The maximum Gasteiger partial charge on any atom is 0.295 e. The van der Waals surface area contributed by atoms with Crippen LogP contribution < -0.4 is 9.47 Å². The number of nitrogens with zero attached hydrogens (tertiary/aromatic N) is 1. The van der Waals surface area contributed by atoms with Crippen LogP contribution in [0.1, 0.15) is 17.2 Å². The highest BCUT2D eigenvalue weighted by Gasteiger charge is 2.45. The second-order valence-corrected chi connectivity index (χ2v) is 6.49. The minimum absolute atomic E-state index is 0.0430. The summed E-state index contributed by atoms with van der Waals surface area (Å²) in [5.74, 6) is -0.355. The number of methoxy groups -OCH3 is 3. The maximum atomic E-state index is 12.8. The predicted octanol–water partition coefficient (Wildman–Crippen LogP) is 2.77. The summed E-state index contributed by atoms with van der Waals surface area (Å²) in [5, 5.41) is 10.9. The monoisotopic (exact) mass is 397 g/mol. The topological polar surface area (TPSA) is 85.3 Å². The van der Waals surface area contributed by atoms with Crippen LogP contribution in [0.25, 0.3) is 5.76 Å². The molecular formula is C22H23NO6. The lowest BCUT2D eigenvalue weighted by Crippen LogP contribution is -2.32. The summed E-state index contributed by atoms with van der Waals surface area (Å²) in [6, 6.07) is 13.0. The molecule has 0 bridgehead atoms. The van der Waals surface area contributed by atoms with Gasteiger partial charge in [-0.1, -0.05) is 12.1 Å². The van der Waals surface area contributed by atoms with Gasteiger partial charge in [-0.2, -0.15) is 0 Å². The van der Waals surface area contributed by atoms with Crippen molar-refractivity contribution in [3.8, 4) is 11.5 Å². The molecule has 0 saturated carbocycles. The van der Waals surface area contributed by atoms with E-state index >= 15 is 0 Å². The van der Waals surface area contributed by atoms with Gasteiger partial charge in [0.2, 0.25) is 0 Å². The summed E-state index contributed by atoms with van der Waals surface area (Å²) in [5.41, 5.74) is 1.16. The second kappa shape index (κ2) is 8.79. The SMILES string of the molecule is COCCN1C(=O)C(=O)/C(=C(/O)c2ccc(OC)cc2)[C@@H]1c1ccc(OC)cc1. The van der Waals surface area contributed by atoms with Crippen molar-refractivity contribution in [1.29, 1.82) is 0 Å². The molecule has 0 unspecified atom stereocenters. The van der Waals surface area contributed by atoms with Crippen LogP contribution >= 0.6 is 0 Å². The highest BCUT2D eigenvalue weighted by molar-refractivity contribution is 6.46. The summed E-state index contributed by atoms with van der Waals surface area (Å²) < 4.78 is 15.4. The van der Waals surface area contributed by atoms with E-state index in [1.54, 1.807) is 62.8 Å². The quantitative estimate of drug-likeness (QED) is 0.439. The Bertz CT molecular complexity index is 917. The number of carbonyl (C=O) groups is 2. The smallest absolute Gasteiger partial charge is 0.295 e. The highest BCUT2D eigenvalue weighted by atomic mass is 16.5. The third kappa shape index (κ3) is 3.95. The molecule has 0 radical (unpaired) electrons. The number of likely N-dealkylation sites (tertiary alicyclic amines) is 1. The Hall–Kier alpha value is -3.32. The summed E-state index contributed by atoms with van der Waals surface area (Å²) in [7, 11) is 4.62. The zero-order valence-corrected chi connectivity index (χ0v) is 16.5. The molecule has 0 aromatic heterocycles. The Morgan fingerprint density at radius 3 is 2.00 bits per heavy atom. The number of hydrogen-bond donors (Lipinski definition) is 1. The fraction of sp³-hybridized carbons (Fsp3) is 0.273. The zero-order valence-electron chi connectivity index (χ0n) is 16.5. The van der Waals surface area contributed by atoms with E-state index in [2.05, 4.69) is 0 Å². The Labute approximate surface area is 169 Å². The minimum atomic E-state index is -0.727. The number of hydrogen-bond acceptors (Lipinski definition) is 6. The van der Waals surface area contributed by atoms with Crippen LogP contribution in [0.15, 0.2) is 54.1 Å². The average molecular weight is 397 g/mol. The first-order valence-corrected chi connectivity index (χ1v) is 9.07. The molecule has 1 saturated heterocycles. The Kier molecular flexibility index (Phi) is 6.19. The second-order valence-electron chi connectivity index (χ2n) is 6.49. The molecule has 1 aliphatic rings. The van der Waals surface area contributed by atoms with Crippen molar-refractivity contribution in [2.24, 2.45) is 0 Å². The van der Waals surface area contributed by atoms with Gasteiger partial charge in [0, 0.05) is 19.2 Å². The summed E-state index contributed by atoms with van der Waals surface area (Å²) in [6.45, 7) is 0.486. The molecule has 2 aromatic carbocycles. The Morgan fingerprint density at radius 1 is 0.931 bits per heavy atom. The molecule has 7 heteroatoms. The molecule has 29 heavy (non-hydrogen) atoms. The highest BCUT2D eigenvalue weighted by Crippen LogP contribution is 2.39. The lowest BCUT2D eigenvalue weighted by atomic mass is 9.95. The van der Waals surface area contributed by atoms with Crippen LogP contribution in [0.2, 0.25) is 0 Å². The lowest BCUT2D eigenvalue weighted by molar-refractivity contribution is -0.140. The van der Waals surface area contributed by atoms with Crippen molar-refractivity contribution in [2.75, 3.05) is 34.5 Å². The van der Waals surface area contributed by atoms with Crippen molar-refractivity contribution in [3.63, 3.8) is 0 Å². The van der Waals surface area contributed by atoms with Gasteiger partial charge in [-0.05, 0) is 42.0 Å². The Morgan fingerprint density at radius 2 is 1.48 bits per heavy atom. The molecule has 1 atom stereocenters. The van der Waals surface area contributed by atoms with Crippen molar-refractivity contribution < 1.29 is 28.9 Å². The van der Waals surface area contributed by atoms with Crippen molar-refractivity contribution in [1.82, 2.24) is 4.90 Å². The van der Waals surface area contributed by atoms with Crippen LogP contribution in [-0.2, 0) is 14.3 Å². The van der Waals surface area contributed by atoms with Gasteiger partial charge in [-0.15, -0.1) is 0 Å². The number of Topliss-reactive ketones (excluding diaryl/α,β-unsaturated/α-hetero) is 1. The van der Waals surface area contributed by atoms with Crippen molar-refractivity contribution in [3.05, 3.63) is 65.2 Å². The van der Waals surface area contributed by atoms with E-state index in [0.717, 1.165) is 0 Å². The lowest BCUT2D eigenvalue weighted by Gasteiger charge is -2.25. The number of benzene rings is 2. The van der Waals surface area contributed by atoms with Crippen molar-refractivity contribution >= 4 is 17.4 Å². The van der Waals surface area contributed by atoms with Gasteiger partial charge >= 0.3 is 0 Å². The first-order chi connectivity index (χ1) is 14.0. The standard InChI is InChI=1S/C22H23NO6/c1-27-13-12-23-19(14-4-8-16(28-2)9-5-14)18(21(25)22(23)26)20(24)15-6-10-17(29-3)11-7-15/h4-11,19,24H,12-13H2,1-3H3/b20-18+/t19-/m0/s1. The van der Waals surface area contributed by atoms with Crippen molar-refractivity contribution in [2.45, 2.75) is 6.04 Å². The number of aliphatic hydroxyl groups excluding tert-OH is 1. The predicted molar refractivity (Wildman–Crippen MR) is 107 cm³/mol. The largest absolute Gasteiger partial charge is 0.507 e. The zero-order chi connectivity index (χ0) is 21.0. The average Bonchev–Trinajstić information content (AvgIpc) is 3.02. The van der Waals surface area contributed by atoms with E-state index in [4.69, 9.17) is 14.2 Å². The molecule has 1 aliphatic heterocycles. The summed E-state index contributed by atoms with van der Waals surface area (Å²) in [4.78, 5) is 26.9. The van der Waals surface area contributed by atoms with E-state index in [9.17, 15) is 14.7 Å². The molecule has 2 aromatic rings. The number of ketones is 1. The number of ether oxygens (including phenoxy) is 3. The molecule has 3 rings (SSSR count). The normalized spacial score (nSPS) is 18.2. The molecule has 0 aliphatic carbocycles. The maximum absolute atomic E-state index is 12.8. The third-order valence-corrected chi connectivity index (χ3v) is 4.87. The molecular weight excluding hydrogens is 374 g/mol. The summed E-state index contributed by atoms with van der Waals surface area (Å²) >= 11 is 0. The van der Waals surface area contributed by atoms with Gasteiger partial charge in [-0.25, -0.2) is 0 Å². The third-order valence-electron chi connectivity index (χ3n) is 4.87. The van der Waals surface area contributed by atoms with Gasteiger partial charge in [0.1, 0.15) is 17.3 Å². The van der Waals surface area contributed by atoms with Crippen LogP contribution in [-0.4, -0.2) is 56.2 Å². The fourth-order valence-corrected chi connectivity index (χ4v) is 3.34. The van der Waals surface area contributed by atoms with Crippen LogP contribution in [0.5, 0.6) is 11.5 Å². The van der Waals surface area contributed by atoms with Gasteiger partial charge < -0.3 is 24.2 Å². The molecule has 1 heterocycles. The molecule has 0 spiro atoms. The van der Waals surface area contributed by atoms with Gasteiger partial charge in [-0.3, -0.25) is 9.59 Å². The molecule has 1 amide bonds. The molecule has 1 fully saturated rings.